The Morgan fingerprint density at radius 1 is 1.45 bits per heavy atom. The van der Waals surface area contributed by atoms with E-state index in [0.717, 1.165) is 41.3 Å². The first-order valence-corrected chi connectivity index (χ1v) is 7.49. The van der Waals surface area contributed by atoms with Crippen molar-refractivity contribution in [2.75, 3.05) is 7.11 Å². The van der Waals surface area contributed by atoms with E-state index in [-0.39, 0.29) is 5.97 Å². The van der Waals surface area contributed by atoms with Crippen molar-refractivity contribution in [1.82, 2.24) is 25.0 Å². The third-order valence-electron chi connectivity index (χ3n) is 4.57. The van der Waals surface area contributed by atoms with Crippen molar-refractivity contribution < 1.29 is 9.53 Å². The second-order valence-corrected chi connectivity index (χ2v) is 5.87. The molecule has 0 spiro atoms. The van der Waals surface area contributed by atoms with Crippen molar-refractivity contribution in [3.63, 3.8) is 0 Å². The SMILES string of the molecule is COC(=O)CC1CCC(n2[nH]nc3cnc4nccc4c32)C1. The molecule has 22 heavy (non-hydrogen) atoms. The fourth-order valence-corrected chi connectivity index (χ4v) is 3.48. The number of hydrogen-bond donors (Lipinski definition) is 1. The van der Waals surface area contributed by atoms with Crippen LogP contribution in [0.5, 0.6) is 0 Å². The summed E-state index contributed by atoms with van der Waals surface area (Å²) < 4.78 is 6.88. The van der Waals surface area contributed by atoms with E-state index in [1.54, 1.807) is 12.4 Å². The molecule has 1 aliphatic rings. The van der Waals surface area contributed by atoms with Gasteiger partial charge in [0.1, 0.15) is 5.52 Å². The molecule has 3 aromatic heterocycles. The first-order chi connectivity index (χ1) is 10.8. The molecule has 0 saturated heterocycles. The molecule has 0 aliphatic heterocycles. The fraction of sp³-hybridized carbons (Fsp3) is 0.467. The first-order valence-electron chi connectivity index (χ1n) is 7.49. The predicted octanol–water partition coefficient (Wildman–Crippen LogP) is 2.21. The van der Waals surface area contributed by atoms with E-state index in [1.807, 2.05) is 6.07 Å². The average molecular weight is 299 g/mol. The van der Waals surface area contributed by atoms with E-state index in [2.05, 4.69) is 25.0 Å². The Bertz CT molecular complexity index is 837. The molecule has 1 saturated carbocycles. The fourth-order valence-electron chi connectivity index (χ4n) is 3.48. The number of carbonyl (C=O) groups is 1. The maximum Gasteiger partial charge on any atom is 0.305 e. The molecule has 2 atom stereocenters. The molecule has 4 rings (SSSR count). The molecule has 2 unspecified atom stereocenters. The lowest BCUT2D eigenvalue weighted by Crippen LogP contribution is -2.10. The van der Waals surface area contributed by atoms with Crippen LogP contribution in [0.4, 0.5) is 0 Å². The van der Waals surface area contributed by atoms with Crippen molar-refractivity contribution >= 4 is 28.0 Å². The molecule has 0 bridgehead atoms. The Kier molecular flexibility index (Phi) is 3.06. The van der Waals surface area contributed by atoms with Crippen molar-refractivity contribution in [3.05, 3.63) is 18.5 Å². The summed E-state index contributed by atoms with van der Waals surface area (Å²) >= 11 is 0. The molecule has 1 aliphatic carbocycles. The summed E-state index contributed by atoms with van der Waals surface area (Å²) in [6.07, 6.45) is 7.02. The summed E-state index contributed by atoms with van der Waals surface area (Å²) in [5, 5.41) is 8.48. The molecule has 0 amide bonds. The Morgan fingerprint density at radius 3 is 3.23 bits per heavy atom. The number of methoxy groups -OCH3 is 1. The summed E-state index contributed by atoms with van der Waals surface area (Å²) in [6.45, 7) is 0. The number of ether oxygens (including phenoxy) is 1. The normalized spacial score (nSPS) is 21.7. The van der Waals surface area contributed by atoms with Gasteiger partial charge in [0.2, 0.25) is 0 Å². The lowest BCUT2D eigenvalue weighted by molar-refractivity contribution is -0.141. The summed E-state index contributed by atoms with van der Waals surface area (Å²) in [4.78, 5) is 20.0. The zero-order valence-electron chi connectivity index (χ0n) is 12.3. The summed E-state index contributed by atoms with van der Waals surface area (Å²) in [6, 6.07) is 2.29. The van der Waals surface area contributed by atoms with Gasteiger partial charge < -0.3 is 4.74 Å². The number of hydrogen-bond acceptors (Lipinski definition) is 5. The van der Waals surface area contributed by atoms with Crippen LogP contribution in [0, 0.1) is 5.92 Å². The van der Waals surface area contributed by atoms with Gasteiger partial charge in [-0.25, -0.2) is 15.2 Å². The van der Waals surface area contributed by atoms with E-state index >= 15 is 0 Å². The van der Waals surface area contributed by atoms with Gasteiger partial charge in [0.05, 0.1) is 24.9 Å². The zero-order chi connectivity index (χ0) is 15.1. The Morgan fingerprint density at radius 2 is 2.36 bits per heavy atom. The number of nitrogens with one attached hydrogen (secondary N) is 1. The van der Waals surface area contributed by atoms with Crippen LogP contribution in [0.1, 0.15) is 31.7 Å². The first kappa shape index (κ1) is 13.2. The molecule has 1 N–H and O–H groups in total. The maximum absolute atomic E-state index is 11.4. The highest BCUT2D eigenvalue weighted by molar-refractivity contribution is 6.00. The number of aromatic amines is 1. The summed E-state index contributed by atoms with van der Waals surface area (Å²) in [7, 11) is 1.44. The van der Waals surface area contributed by atoms with Crippen LogP contribution in [0.15, 0.2) is 18.5 Å². The van der Waals surface area contributed by atoms with Gasteiger partial charge in [-0.2, -0.15) is 5.10 Å². The highest BCUT2D eigenvalue weighted by atomic mass is 16.5. The molecule has 3 aromatic rings. The number of H-pyrrole nitrogens is 1. The van der Waals surface area contributed by atoms with Crippen LogP contribution in [0.25, 0.3) is 22.1 Å². The molecule has 0 radical (unpaired) electrons. The van der Waals surface area contributed by atoms with Crippen LogP contribution < -0.4 is 0 Å². The number of carbonyl (C=O) groups excluding carboxylic acids is 1. The molecule has 7 nitrogen and oxygen atoms in total. The molecule has 1 fully saturated rings. The molecule has 7 heteroatoms. The Hall–Kier alpha value is -2.44. The van der Waals surface area contributed by atoms with Crippen LogP contribution in [-0.2, 0) is 9.53 Å². The lowest BCUT2D eigenvalue weighted by Gasteiger charge is -2.13. The van der Waals surface area contributed by atoms with E-state index in [1.165, 1.54) is 7.11 Å². The number of aromatic nitrogens is 5. The molecule has 0 aromatic carbocycles. The summed E-state index contributed by atoms with van der Waals surface area (Å²) in [5.74, 6) is 0.246. The van der Waals surface area contributed by atoms with E-state index in [4.69, 9.17) is 4.74 Å². The van der Waals surface area contributed by atoms with Gasteiger partial charge in [0, 0.05) is 18.0 Å². The van der Waals surface area contributed by atoms with Crippen molar-refractivity contribution in [3.8, 4) is 0 Å². The second kappa shape index (κ2) is 5.08. The van der Waals surface area contributed by atoms with Crippen molar-refractivity contribution in [2.45, 2.75) is 31.7 Å². The van der Waals surface area contributed by atoms with Crippen LogP contribution in [0.3, 0.4) is 0 Å². The monoisotopic (exact) mass is 299 g/mol. The van der Waals surface area contributed by atoms with Gasteiger partial charge >= 0.3 is 5.97 Å². The van der Waals surface area contributed by atoms with Crippen LogP contribution in [-0.4, -0.2) is 38.0 Å². The molecule has 3 heterocycles. The zero-order valence-corrected chi connectivity index (χ0v) is 12.3. The third-order valence-corrected chi connectivity index (χ3v) is 4.57. The van der Waals surface area contributed by atoms with Crippen molar-refractivity contribution in [1.29, 1.82) is 0 Å². The maximum atomic E-state index is 11.4. The molecule has 114 valence electrons. The third kappa shape index (κ3) is 2.04. The average Bonchev–Trinajstić information content (AvgIpc) is 3.24. The van der Waals surface area contributed by atoms with Gasteiger partial charge in [-0.15, -0.1) is 0 Å². The Balaban J connectivity index is 1.67. The predicted molar refractivity (Wildman–Crippen MR) is 80.2 cm³/mol. The quantitative estimate of drug-likeness (QED) is 0.749. The van der Waals surface area contributed by atoms with E-state index < -0.39 is 0 Å². The number of nitrogens with zero attached hydrogens (tertiary/aromatic N) is 4. The minimum atomic E-state index is -0.128. The number of fused-ring (bicyclic) bond motifs is 3. The highest BCUT2D eigenvalue weighted by Gasteiger charge is 2.29. The van der Waals surface area contributed by atoms with Gasteiger partial charge in [0.15, 0.2) is 5.65 Å². The van der Waals surface area contributed by atoms with Crippen molar-refractivity contribution in [2.24, 2.45) is 5.92 Å². The van der Waals surface area contributed by atoms with Gasteiger partial charge in [-0.05, 0) is 31.2 Å². The number of esters is 1. The Labute approximate surface area is 126 Å². The van der Waals surface area contributed by atoms with E-state index in [0.29, 0.717) is 18.4 Å². The van der Waals surface area contributed by atoms with E-state index in [9.17, 15) is 4.79 Å². The van der Waals surface area contributed by atoms with Gasteiger partial charge in [-0.3, -0.25) is 9.48 Å². The minimum absolute atomic E-state index is 0.128. The smallest absolute Gasteiger partial charge is 0.305 e. The highest BCUT2D eigenvalue weighted by Crippen LogP contribution is 2.38. The number of pyridine rings is 1. The topological polar surface area (TPSA) is 85.7 Å². The van der Waals surface area contributed by atoms with Gasteiger partial charge in [0.25, 0.3) is 0 Å². The largest absolute Gasteiger partial charge is 0.469 e. The number of rotatable bonds is 3. The molecular weight excluding hydrogens is 282 g/mol. The standard InChI is InChI=1S/C15H17N5O2/c1-22-13(21)7-9-2-3-10(6-9)20-14-11-4-5-16-15(11)17-8-12(14)18-19-20/h4-5,8-10,19H,2-3,6-7H2,1H3. The molecular formula is C15H17N5O2. The lowest BCUT2D eigenvalue weighted by atomic mass is 10.0. The summed E-state index contributed by atoms with van der Waals surface area (Å²) in [5.41, 5.74) is 2.63. The van der Waals surface area contributed by atoms with Crippen LogP contribution >= 0.6 is 0 Å². The minimum Gasteiger partial charge on any atom is -0.469 e. The van der Waals surface area contributed by atoms with Gasteiger partial charge in [-0.1, -0.05) is 0 Å². The van der Waals surface area contributed by atoms with Crippen LogP contribution in [0.2, 0.25) is 0 Å². The second-order valence-electron chi connectivity index (χ2n) is 5.87.